The molecule has 2 amide bonds. The average molecular weight is 329 g/mol. The summed E-state index contributed by atoms with van der Waals surface area (Å²) < 4.78 is 5.71. The second kappa shape index (κ2) is 7.05. The Bertz CT molecular complexity index is 653. The maximum Gasteiger partial charge on any atom is 0.255 e. The number of rotatable bonds is 0. The molecule has 0 radical (unpaired) electrons. The fourth-order valence-corrected chi connectivity index (χ4v) is 2.89. The third kappa shape index (κ3) is 3.43. The Morgan fingerprint density at radius 3 is 2.71 bits per heavy atom. The summed E-state index contributed by atoms with van der Waals surface area (Å²) in [5.41, 5.74) is 0.109. The molecule has 0 saturated carbocycles. The van der Waals surface area contributed by atoms with Crippen LogP contribution in [0.3, 0.4) is 0 Å². The van der Waals surface area contributed by atoms with Gasteiger partial charge >= 0.3 is 0 Å². The van der Waals surface area contributed by atoms with Gasteiger partial charge in [-0.25, -0.2) is 0 Å². The van der Waals surface area contributed by atoms with Crippen molar-refractivity contribution in [2.24, 2.45) is 5.41 Å². The zero-order valence-corrected chi connectivity index (χ0v) is 13.8. The third-order valence-electron chi connectivity index (χ3n) is 4.50. The van der Waals surface area contributed by atoms with E-state index in [-0.39, 0.29) is 17.9 Å². The maximum absolute atomic E-state index is 12.5. The van der Waals surface area contributed by atoms with Crippen LogP contribution in [0.1, 0.15) is 23.7 Å². The number of allylic oxidation sites excluding steroid dienone is 1. The first-order chi connectivity index (χ1) is 11.6. The minimum atomic E-state index is -0.392. The number of hydrogen-bond donors (Lipinski definition) is 3. The molecule has 1 atom stereocenters. The Hall–Kier alpha value is -2.34. The molecule has 1 spiro atoms. The molecular weight excluding hydrogens is 306 g/mol. The van der Waals surface area contributed by atoms with Crippen molar-refractivity contribution in [1.29, 1.82) is 0 Å². The summed E-state index contributed by atoms with van der Waals surface area (Å²) in [4.78, 5) is 24.9. The van der Waals surface area contributed by atoms with E-state index in [4.69, 9.17) is 4.74 Å². The molecule has 2 heterocycles. The zero-order valence-electron chi connectivity index (χ0n) is 13.8. The first-order valence-corrected chi connectivity index (χ1v) is 8.27. The van der Waals surface area contributed by atoms with Gasteiger partial charge in [-0.15, -0.1) is 0 Å². The van der Waals surface area contributed by atoms with Crippen LogP contribution in [-0.4, -0.2) is 44.1 Å². The van der Waals surface area contributed by atoms with Crippen molar-refractivity contribution in [1.82, 2.24) is 16.0 Å². The second-order valence-electron chi connectivity index (χ2n) is 6.45. The number of fused-ring (bicyclic) bond motifs is 1. The van der Waals surface area contributed by atoms with E-state index in [1.807, 2.05) is 25.1 Å². The first kappa shape index (κ1) is 16.5. The van der Waals surface area contributed by atoms with Gasteiger partial charge < -0.3 is 20.7 Å². The molecule has 0 aromatic heterocycles. The third-order valence-corrected chi connectivity index (χ3v) is 4.50. The van der Waals surface area contributed by atoms with Gasteiger partial charge in [0.1, 0.15) is 12.4 Å². The summed E-state index contributed by atoms with van der Waals surface area (Å²) in [6.07, 6.45) is 4.56. The van der Waals surface area contributed by atoms with Crippen molar-refractivity contribution in [3.05, 3.63) is 42.0 Å². The molecule has 3 N–H and O–H groups in total. The van der Waals surface area contributed by atoms with Gasteiger partial charge in [0.25, 0.3) is 5.91 Å². The number of nitrogens with one attached hydrogen (secondary N) is 3. The number of ether oxygens (including phenoxy) is 1. The van der Waals surface area contributed by atoms with Crippen LogP contribution in [0.4, 0.5) is 0 Å². The lowest BCUT2D eigenvalue weighted by molar-refractivity contribution is -0.134. The lowest BCUT2D eigenvalue weighted by Crippen LogP contribution is -2.62. The lowest BCUT2D eigenvalue weighted by Gasteiger charge is -2.41. The number of carbonyl (C=O) groups is 2. The molecule has 3 rings (SSSR count). The summed E-state index contributed by atoms with van der Waals surface area (Å²) in [7, 11) is 0. The number of para-hydroxylation sites is 1. The molecule has 1 fully saturated rings. The summed E-state index contributed by atoms with van der Waals surface area (Å²) in [5.74, 6) is 0.396. The van der Waals surface area contributed by atoms with E-state index in [1.165, 1.54) is 0 Å². The Morgan fingerprint density at radius 1 is 1.17 bits per heavy atom. The number of amides is 2. The van der Waals surface area contributed by atoms with Crippen LogP contribution in [0, 0.1) is 5.41 Å². The highest BCUT2D eigenvalue weighted by Gasteiger charge is 2.43. The van der Waals surface area contributed by atoms with Crippen molar-refractivity contribution in [3.8, 4) is 5.75 Å². The normalized spacial score (nSPS) is 25.3. The minimum Gasteiger partial charge on any atom is -0.489 e. The standard InChI is InChI=1S/C18H23N3O3/c1-13-10-20-16(22)14-6-2-3-7-15(14)24-9-5-4-8-18(11-19-12-18)17(23)21-13/h2-7,13,19H,8-12H2,1H3,(H,20,22)(H,21,23)/b5-4+/t13-/m1/s1. The number of hydrogen-bond acceptors (Lipinski definition) is 4. The molecule has 2 aliphatic heterocycles. The van der Waals surface area contributed by atoms with E-state index >= 15 is 0 Å². The summed E-state index contributed by atoms with van der Waals surface area (Å²) in [6, 6.07) is 7.03. The van der Waals surface area contributed by atoms with Crippen LogP contribution in [-0.2, 0) is 4.79 Å². The Labute approximate surface area is 141 Å². The molecular formula is C18H23N3O3. The minimum absolute atomic E-state index is 0.0334. The molecule has 1 aromatic rings. The van der Waals surface area contributed by atoms with Gasteiger partial charge in [0.15, 0.2) is 0 Å². The highest BCUT2D eigenvalue weighted by Crippen LogP contribution is 2.28. The van der Waals surface area contributed by atoms with Crippen molar-refractivity contribution < 1.29 is 14.3 Å². The van der Waals surface area contributed by atoms with Crippen molar-refractivity contribution >= 4 is 11.8 Å². The highest BCUT2D eigenvalue weighted by molar-refractivity contribution is 5.97. The fourth-order valence-electron chi connectivity index (χ4n) is 2.89. The molecule has 0 unspecified atom stereocenters. The maximum atomic E-state index is 12.5. The van der Waals surface area contributed by atoms with Crippen LogP contribution in [0.25, 0.3) is 0 Å². The molecule has 24 heavy (non-hydrogen) atoms. The van der Waals surface area contributed by atoms with E-state index in [2.05, 4.69) is 16.0 Å². The predicted molar refractivity (Wildman–Crippen MR) is 90.9 cm³/mol. The molecule has 0 bridgehead atoms. The van der Waals surface area contributed by atoms with E-state index in [0.717, 1.165) is 0 Å². The Balaban J connectivity index is 1.80. The molecule has 0 aliphatic carbocycles. The van der Waals surface area contributed by atoms with E-state index in [0.29, 0.717) is 44.0 Å². The number of benzene rings is 1. The van der Waals surface area contributed by atoms with Gasteiger partial charge in [-0.2, -0.15) is 0 Å². The monoisotopic (exact) mass is 329 g/mol. The van der Waals surface area contributed by atoms with Gasteiger partial charge in [-0.05, 0) is 25.5 Å². The van der Waals surface area contributed by atoms with E-state index in [1.54, 1.807) is 18.2 Å². The molecule has 128 valence electrons. The topological polar surface area (TPSA) is 79.5 Å². The SMILES string of the molecule is C[C@@H]1CNC(=O)c2ccccc2OC/C=C/CC2(CNC2)C(=O)N1. The summed E-state index contributed by atoms with van der Waals surface area (Å²) >= 11 is 0. The molecule has 1 aromatic carbocycles. The van der Waals surface area contributed by atoms with Gasteiger partial charge in [0.2, 0.25) is 5.91 Å². The lowest BCUT2D eigenvalue weighted by atomic mass is 9.77. The summed E-state index contributed by atoms with van der Waals surface area (Å²) in [6.45, 7) is 3.98. The Morgan fingerprint density at radius 2 is 1.96 bits per heavy atom. The molecule has 2 aliphatic rings. The highest BCUT2D eigenvalue weighted by atomic mass is 16.5. The van der Waals surface area contributed by atoms with Gasteiger partial charge in [0, 0.05) is 25.7 Å². The van der Waals surface area contributed by atoms with Crippen LogP contribution >= 0.6 is 0 Å². The first-order valence-electron chi connectivity index (χ1n) is 8.27. The molecule has 6 nitrogen and oxygen atoms in total. The van der Waals surface area contributed by atoms with Crippen molar-refractivity contribution in [3.63, 3.8) is 0 Å². The van der Waals surface area contributed by atoms with Crippen LogP contribution in [0.2, 0.25) is 0 Å². The predicted octanol–water partition coefficient (Wildman–Crippen LogP) is 0.849. The van der Waals surface area contributed by atoms with Crippen LogP contribution in [0.15, 0.2) is 36.4 Å². The number of carbonyl (C=O) groups excluding carboxylic acids is 2. The van der Waals surface area contributed by atoms with Crippen molar-refractivity contribution in [2.75, 3.05) is 26.2 Å². The quantitative estimate of drug-likeness (QED) is 0.617. The van der Waals surface area contributed by atoms with Gasteiger partial charge in [-0.3, -0.25) is 9.59 Å². The van der Waals surface area contributed by atoms with Crippen LogP contribution < -0.4 is 20.7 Å². The van der Waals surface area contributed by atoms with E-state index in [9.17, 15) is 9.59 Å². The largest absolute Gasteiger partial charge is 0.489 e. The van der Waals surface area contributed by atoms with Crippen LogP contribution in [0.5, 0.6) is 5.75 Å². The van der Waals surface area contributed by atoms with Crippen molar-refractivity contribution in [2.45, 2.75) is 19.4 Å². The molecule has 6 heteroatoms. The zero-order chi connectivity index (χ0) is 17.0. The summed E-state index contributed by atoms with van der Waals surface area (Å²) in [5, 5.41) is 9.05. The smallest absolute Gasteiger partial charge is 0.255 e. The van der Waals surface area contributed by atoms with E-state index < -0.39 is 5.41 Å². The average Bonchev–Trinajstić information content (AvgIpc) is 2.54. The van der Waals surface area contributed by atoms with Gasteiger partial charge in [0.05, 0.1) is 11.0 Å². The second-order valence-corrected chi connectivity index (χ2v) is 6.45. The Kier molecular flexibility index (Phi) is 4.85. The molecule has 1 saturated heterocycles. The van der Waals surface area contributed by atoms with Gasteiger partial charge in [-0.1, -0.05) is 24.3 Å². The fraction of sp³-hybridized carbons (Fsp3) is 0.444.